The molecule has 0 spiro atoms. The molecule has 56 valence electrons. The molecular formula is C9H15N. The Morgan fingerprint density at radius 3 is 3.00 bits per heavy atom. The average Bonchev–Trinajstić information content (AvgIpc) is 2.29. The van der Waals surface area contributed by atoms with Crippen LogP contribution in [0.4, 0.5) is 0 Å². The Morgan fingerprint density at radius 1 is 1.60 bits per heavy atom. The Labute approximate surface area is 62.5 Å². The maximum Gasteiger partial charge on any atom is 0.0105 e. The summed E-state index contributed by atoms with van der Waals surface area (Å²) in [4.78, 5) is 0. The van der Waals surface area contributed by atoms with Gasteiger partial charge in [0, 0.05) is 6.04 Å². The van der Waals surface area contributed by atoms with Crippen LogP contribution in [-0.4, -0.2) is 12.6 Å². The van der Waals surface area contributed by atoms with E-state index in [2.05, 4.69) is 11.4 Å². The molecular weight excluding hydrogens is 122 g/mol. The zero-order valence-electron chi connectivity index (χ0n) is 6.40. The first-order valence-electron chi connectivity index (χ1n) is 4.36. The highest BCUT2D eigenvalue weighted by Crippen LogP contribution is 2.25. The van der Waals surface area contributed by atoms with Gasteiger partial charge in [-0.3, -0.25) is 0 Å². The first kappa shape index (κ1) is 6.41. The molecule has 0 saturated carbocycles. The smallest absolute Gasteiger partial charge is 0.0105 e. The summed E-state index contributed by atoms with van der Waals surface area (Å²) in [5, 5.41) is 3.51. The summed E-state index contributed by atoms with van der Waals surface area (Å²) in [7, 11) is 0. The molecule has 1 heterocycles. The van der Waals surface area contributed by atoms with E-state index in [0.29, 0.717) is 0 Å². The lowest BCUT2D eigenvalue weighted by atomic mass is 9.92. The molecule has 0 bridgehead atoms. The van der Waals surface area contributed by atoms with Crippen molar-refractivity contribution in [3.05, 3.63) is 11.6 Å². The normalized spacial score (nSPS) is 31.6. The van der Waals surface area contributed by atoms with Gasteiger partial charge in [-0.1, -0.05) is 11.6 Å². The molecule has 2 rings (SSSR count). The van der Waals surface area contributed by atoms with Gasteiger partial charge in [0.15, 0.2) is 0 Å². The molecule has 0 unspecified atom stereocenters. The van der Waals surface area contributed by atoms with Crippen molar-refractivity contribution in [1.29, 1.82) is 0 Å². The Morgan fingerprint density at radius 2 is 2.50 bits per heavy atom. The van der Waals surface area contributed by atoms with Crippen molar-refractivity contribution in [2.45, 2.75) is 38.1 Å². The molecule has 0 aromatic carbocycles. The maximum absolute atomic E-state index is 3.51. The quantitative estimate of drug-likeness (QED) is 0.573. The van der Waals surface area contributed by atoms with Crippen molar-refractivity contribution in [1.82, 2.24) is 5.32 Å². The molecule has 1 aliphatic carbocycles. The maximum atomic E-state index is 3.51. The van der Waals surface area contributed by atoms with Crippen LogP contribution in [0.5, 0.6) is 0 Å². The lowest BCUT2D eigenvalue weighted by Gasteiger charge is -2.18. The topological polar surface area (TPSA) is 12.0 Å². The number of hydrogen-bond acceptors (Lipinski definition) is 1. The van der Waals surface area contributed by atoms with E-state index in [0.717, 1.165) is 6.04 Å². The molecule has 0 radical (unpaired) electrons. The van der Waals surface area contributed by atoms with Gasteiger partial charge in [0.05, 0.1) is 0 Å². The van der Waals surface area contributed by atoms with E-state index in [1.165, 1.54) is 38.6 Å². The largest absolute Gasteiger partial charge is 0.314 e. The molecule has 0 aromatic heterocycles. The molecule has 2 aliphatic rings. The van der Waals surface area contributed by atoms with Crippen LogP contribution in [0.25, 0.3) is 0 Å². The summed E-state index contributed by atoms with van der Waals surface area (Å²) >= 11 is 0. The molecule has 0 aromatic rings. The monoisotopic (exact) mass is 137 g/mol. The second kappa shape index (κ2) is 2.75. The Kier molecular flexibility index (Phi) is 1.76. The first-order valence-corrected chi connectivity index (χ1v) is 4.36. The number of hydrogen-bond donors (Lipinski definition) is 1. The van der Waals surface area contributed by atoms with Crippen molar-refractivity contribution in [3.8, 4) is 0 Å². The Hall–Kier alpha value is -0.300. The fraction of sp³-hybridized carbons (Fsp3) is 0.778. The highest BCUT2D eigenvalue weighted by Gasteiger charge is 2.17. The molecule has 0 amide bonds. The number of nitrogens with one attached hydrogen (secondary N) is 1. The van der Waals surface area contributed by atoms with Gasteiger partial charge in [-0.2, -0.15) is 0 Å². The summed E-state index contributed by atoms with van der Waals surface area (Å²) < 4.78 is 0. The standard InChI is InChI=1S/C9H15N/c1-3-8(4-1)7-9-5-2-6-10-9/h3,9-10H,1-2,4-7H2/t9-/m1/s1. The van der Waals surface area contributed by atoms with Gasteiger partial charge in [0.25, 0.3) is 0 Å². The third kappa shape index (κ3) is 1.24. The molecule has 1 nitrogen and oxygen atoms in total. The lowest BCUT2D eigenvalue weighted by Crippen LogP contribution is -2.22. The minimum absolute atomic E-state index is 0.826. The third-order valence-electron chi connectivity index (χ3n) is 2.57. The first-order chi connectivity index (χ1) is 4.95. The van der Waals surface area contributed by atoms with E-state index in [1.54, 1.807) is 5.57 Å². The van der Waals surface area contributed by atoms with Gasteiger partial charge in [-0.25, -0.2) is 0 Å². The summed E-state index contributed by atoms with van der Waals surface area (Å²) in [6.45, 7) is 1.25. The highest BCUT2D eigenvalue weighted by atomic mass is 14.9. The van der Waals surface area contributed by atoms with Crippen LogP contribution < -0.4 is 5.32 Å². The summed E-state index contributed by atoms with van der Waals surface area (Å²) in [6, 6.07) is 0.826. The molecule has 1 fully saturated rings. The fourth-order valence-electron chi connectivity index (χ4n) is 1.78. The van der Waals surface area contributed by atoms with E-state index < -0.39 is 0 Å². The van der Waals surface area contributed by atoms with Crippen LogP contribution >= 0.6 is 0 Å². The Balaban J connectivity index is 1.78. The van der Waals surface area contributed by atoms with E-state index in [-0.39, 0.29) is 0 Å². The SMILES string of the molecule is C1=C(C[C@H]2CCCN2)CC1. The summed E-state index contributed by atoms with van der Waals surface area (Å²) in [5.74, 6) is 0. The molecule has 1 heteroatoms. The summed E-state index contributed by atoms with van der Waals surface area (Å²) in [6.07, 6.45) is 9.22. The zero-order chi connectivity index (χ0) is 6.81. The molecule has 1 saturated heterocycles. The third-order valence-corrected chi connectivity index (χ3v) is 2.57. The molecule has 10 heavy (non-hydrogen) atoms. The highest BCUT2D eigenvalue weighted by molar-refractivity contribution is 5.13. The van der Waals surface area contributed by atoms with Crippen LogP contribution in [0.15, 0.2) is 11.6 Å². The minimum Gasteiger partial charge on any atom is -0.314 e. The van der Waals surface area contributed by atoms with Crippen LogP contribution in [-0.2, 0) is 0 Å². The van der Waals surface area contributed by atoms with E-state index in [9.17, 15) is 0 Å². The minimum atomic E-state index is 0.826. The van der Waals surface area contributed by atoms with Crippen LogP contribution in [0, 0.1) is 0 Å². The Bertz CT molecular complexity index is 143. The van der Waals surface area contributed by atoms with E-state index in [1.807, 2.05) is 0 Å². The second-order valence-corrected chi connectivity index (χ2v) is 3.40. The lowest BCUT2D eigenvalue weighted by molar-refractivity contribution is 0.575. The van der Waals surface area contributed by atoms with Crippen molar-refractivity contribution in [3.63, 3.8) is 0 Å². The zero-order valence-corrected chi connectivity index (χ0v) is 6.40. The molecule has 1 N–H and O–H groups in total. The van der Waals surface area contributed by atoms with Crippen molar-refractivity contribution >= 4 is 0 Å². The molecule has 1 aliphatic heterocycles. The van der Waals surface area contributed by atoms with Crippen molar-refractivity contribution < 1.29 is 0 Å². The van der Waals surface area contributed by atoms with Crippen LogP contribution in [0.3, 0.4) is 0 Å². The van der Waals surface area contributed by atoms with E-state index in [4.69, 9.17) is 0 Å². The van der Waals surface area contributed by atoms with Gasteiger partial charge < -0.3 is 5.32 Å². The second-order valence-electron chi connectivity index (χ2n) is 3.40. The van der Waals surface area contributed by atoms with Gasteiger partial charge in [0.2, 0.25) is 0 Å². The van der Waals surface area contributed by atoms with Gasteiger partial charge in [-0.15, -0.1) is 0 Å². The van der Waals surface area contributed by atoms with Gasteiger partial charge in [-0.05, 0) is 38.6 Å². The predicted molar refractivity (Wildman–Crippen MR) is 43.0 cm³/mol. The van der Waals surface area contributed by atoms with Crippen LogP contribution in [0.1, 0.15) is 32.1 Å². The van der Waals surface area contributed by atoms with Crippen molar-refractivity contribution in [2.24, 2.45) is 0 Å². The van der Waals surface area contributed by atoms with Crippen LogP contribution in [0.2, 0.25) is 0 Å². The summed E-state index contributed by atoms with van der Waals surface area (Å²) in [5.41, 5.74) is 1.69. The van der Waals surface area contributed by atoms with Gasteiger partial charge >= 0.3 is 0 Å². The van der Waals surface area contributed by atoms with E-state index >= 15 is 0 Å². The predicted octanol–water partition coefficient (Wildman–Crippen LogP) is 1.85. The van der Waals surface area contributed by atoms with Crippen molar-refractivity contribution in [2.75, 3.05) is 6.54 Å². The molecule has 1 atom stereocenters. The number of allylic oxidation sites excluding steroid dienone is 1. The fourth-order valence-corrected chi connectivity index (χ4v) is 1.78. The average molecular weight is 137 g/mol. The number of rotatable bonds is 2. The van der Waals surface area contributed by atoms with Gasteiger partial charge in [0.1, 0.15) is 0 Å².